The number of rotatable bonds is 4. The molecule has 0 unspecified atom stereocenters. The Kier molecular flexibility index (Phi) is 4.70. The SMILES string of the molecule is Cc1cccc(NS(=O)(=O)c2cc(CO)cc(Br)c2C)c1. The van der Waals surface area contributed by atoms with Gasteiger partial charge in [-0.25, -0.2) is 8.42 Å². The van der Waals surface area contributed by atoms with Crippen LogP contribution in [0.25, 0.3) is 0 Å². The van der Waals surface area contributed by atoms with Crippen LogP contribution in [-0.2, 0) is 16.6 Å². The lowest BCUT2D eigenvalue weighted by molar-refractivity contribution is 0.281. The van der Waals surface area contributed by atoms with Gasteiger partial charge in [0.25, 0.3) is 10.0 Å². The van der Waals surface area contributed by atoms with Gasteiger partial charge in [0, 0.05) is 10.2 Å². The number of aliphatic hydroxyl groups is 1. The lowest BCUT2D eigenvalue weighted by atomic mass is 10.2. The summed E-state index contributed by atoms with van der Waals surface area (Å²) in [6, 6.07) is 10.3. The number of hydrogen-bond acceptors (Lipinski definition) is 3. The van der Waals surface area contributed by atoms with Gasteiger partial charge < -0.3 is 5.11 Å². The molecule has 0 radical (unpaired) electrons. The fourth-order valence-electron chi connectivity index (χ4n) is 2.00. The van der Waals surface area contributed by atoms with E-state index in [-0.39, 0.29) is 11.5 Å². The summed E-state index contributed by atoms with van der Waals surface area (Å²) >= 11 is 3.32. The highest BCUT2D eigenvalue weighted by Crippen LogP contribution is 2.27. The average molecular weight is 370 g/mol. The second-order valence-corrected chi connectivity index (χ2v) is 7.34. The molecule has 0 aliphatic rings. The van der Waals surface area contributed by atoms with E-state index in [1.807, 2.05) is 13.0 Å². The van der Waals surface area contributed by atoms with Gasteiger partial charge in [-0.3, -0.25) is 4.72 Å². The smallest absolute Gasteiger partial charge is 0.262 e. The highest BCUT2D eigenvalue weighted by atomic mass is 79.9. The monoisotopic (exact) mass is 369 g/mol. The van der Waals surface area contributed by atoms with Crippen LogP contribution in [0.5, 0.6) is 0 Å². The van der Waals surface area contributed by atoms with Gasteiger partial charge in [0.1, 0.15) is 0 Å². The van der Waals surface area contributed by atoms with Crippen LogP contribution in [0.2, 0.25) is 0 Å². The first-order valence-electron chi connectivity index (χ1n) is 6.33. The third-order valence-electron chi connectivity index (χ3n) is 3.10. The number of benzene rings is 2. The van der Waals surface area contributed by atoms with E-state index in [1.54, 1.807) is 31.2 Å². The lowest BCUT2D eigenvalue weighted by Crippen LogP contribution is -2.15. The zero-order chi connectivity index (χ0) is 15.6. The fraction of sp³-hybridized carbons (Fsp3) is 0.200. The van der Waals surface area contributed by atoms with Gasteiger partial charge in [0.05, 0.1) is 11.5 Å². The van der Waals surface area contributed by atoms with Crippen molar-refractivity contribution < 1.29 is 13.5 Å². The first-order chi connectivity index (χ1) is 9.83. The maximum atomic E-state index is 12.5. The highest BCUT2D eigenvalue weighted by Gasteiger charge is 2.19. The Bertz CT molecular complexity index is 772. The van der Waals surface area contributed by atoms with Gasteiger partial charge in [0.15, 0.2) is 0 Å². The molecule has 2 N–H and O–H groups in total. The number of halogens is 1. The molecule has 0 heterocycles. The zero-order valence-corrected chi connectivity index (χ0v) is 14.1. The van der Waals surface area contributed by atoms with Crippen molar-refractivity contribution in [2.75, 3.05) is 4.72 Å². The molecule has 2 aromatic rings. The van der Waals surface area contributed by atoms with Crippen molar-refractivity contribution in [3.63, 3.8) is 0 Å². The van der Waals surface area contributed by atoms with Crippen molar-refractivity contribution in [2.24, 2.45) is 0 Å². The molecule has 2 aromatic carbocycles. The van der Waals surface area contributed by atoms with E-state index < -0.39 is 10.0 Å². The van der Waals surface area contributed by atoms with Crippen LogP contribution in [0.4, 0.5) is 5.69 Å². The average Bonchev–Trinajstić information content (AvgIpc) is 2.41. The second-order valence-electron chi connectivity index (χ2n) is 4.83. The van der Waals surface area contributed by atoms with Crippen LogP contribution < -0.4 is 4.72 Å². The predicted molar refractivity (Wildman–Crippen MR) is 86.8 cm³/mol. The van der Waals surface area contributed by atoms with Crippen LogP contribution >= 0.6 is 15.9 Å². The molecule has 4 nitrogen and oxygen atoms in total. The van der Waals surface area contributed by atoms with Crippen molar-refractivity contribution in [2.45, 2.75) is 25.3 Å². The van der Waals surface area contributed by atoms with Gasteiger partial charge in [-0.2, -0.15) is 0 Å². The normalized spacial score (nSPS) is 11.4. The molecule has 0 saturated carbocycles. The molecule has 0 fully saturated rings. The van der Waals surface area contributed by atoms with Crippen LogP contribution in [0.3, 0.4) is 0 Å². The third kappa shape index (κ3) is 3.64. The maximum absolute atomic E-state index is 12.5. The molecule has 0 aliphatic carbocycles. The standard InChI is InChI=1S/C15H16BrNO3S/c1-10-4-3-5-13(6-10)17-21(19,20)15-8-12(9-18)7-14(16)11(15)2/h3-8,17-18H,9H2,1-2H3. The highest BCUT2D eigenvalue weighted by molar-refractivity contribution is 9.10. The Morgan fingerprint density at radius 1 is 1.19 bits per heavy atom. The summed E-state index contributed by atoms with van der Waals surface area (Å²) in [5, 5.41) is 9.23. The van der Waals surface area contributed by atoms with Crippen molar-refractivity contribution >= 4 is 31.6 Å². The van der Waals surface area contributed by atoms with E-state index in [9.17, 15) is 13.5 Å². The summed E-state index contributed by atoms with van der Waals surface area (Å²) in [5.74, 6) is 0. The zero-order valence-electron chi connectivity index (χ0n) is 11.7. The van der Waals surface area contributed by atoms with E-state index in [0.717, 1.165) is 5.56 Å². The van der Waals surface area contributed by atoms with Crippen LogP contribution in [0.15, 0.2) is 45.8 Å². The lowest BCUT2D eigenvalue weighted by Gasteiger charge is -2.13. The Hall–Kier alpha value is -1.37. The number of aliphatic hydroxyl groups excluding tert-OH is 1. The molecule has 0 aromatic heterocycles. The van der Waals surface area contributed by atoms with E-state index >= 15 is 0 Å². The van der Waals surface area contributed by atoms with E-state index in [0.29, 0.717) is 21.3 Å². The summed E-state index contributed by atoms with van der Waals surface area (Å²) in [5.41, 5.74) is 2.63. The molecular formula is C15H16BrNO3S. The minimum Gasteiger partial charge on any atom is -0.392 e. The number of nitrogens with one attached hydrogen (secondary N) is 1. The molecule has 0 atom stereocenters. The number of aryl methyl sites for hydroxylation is 1. The minimum absolute atomic E-state index is 0.155. The summed E-state index contributed by atoms with van der Waals surface area (Å²) in [7, 11) is -3.71. The summed E-state index contributed by atoms with van der Waals surface area (Å²) < 4.78 is 28.3. The van der Waals surface area contributed by atoms with Gasteiger partial charge in [-0.1, -0.05) is 28.1 Å². The Labute approximate surface area is 133 Å². The van der Waals surface area contributed by atoms with Gasteiger partial charge >= 0.3 is 0 Å². The van der Waals surface area contributed by atoms with Crippen LogP contribution in [0.1, 0.15) is 16.7 Å². The van der Waals surface area contributed by atoms with E-state index in [1.165, 1.54) is 6.07 Å². The minimum atomic E-state index is -3.71. The molecule has 0 aliphatic heterocycles. The largest absolute Gasteiger partial charge is 0.392 e. The van der Waals surface area contributed by atoms with Gasteiger partial charge in [-0.05, 0) is 54.8 Å². The molecule has 21 heavy (non-hydrogen) atoms. The van der Waals surface area contributed by atoms with Crippen LogP contribution in [-0.4, -0.2) is 13.5 Å². The van der Waals surface area contributed by atoms with Crippen LogP contribution in [0, 0.1) is 13.8 Å². The van der Waals surface area contributed by atoms with Crippen molar-refractivity contribution in [3.8, 4) is 0 Å². The Morgan fingerprint density at radius 2 is 1.90 bits per heavy atom. The molecule has 0 amide bonds. The quantitative estimate of drug-likeness (QED) is 0.867. The number of hydrogen-bond donors (Lipinski definition) is 2. The topological polar surface area (TPSA) is 66.4 Å². The van der Waals surface area contributed by atoms with Gasteiger partial charge in [-0.15, -0.1) is 0 Å². The van der Waals surface area contributed by atoms with Gasteiger partial charge in [0.2, 0.25) is 0 Å². The summed E-state index contributed by atoms with van der Waals surface area (Å²) in [6.07, 6.45) is 0. The molecular weight excluding hydrogens is 354 g/mol. The van der Waals surface area contributed by atoms with Crippen molar-refractivity contribution in [1.82, 2.24) is 0 Å². The molecule has 2 rings (SSSR count). The predicted octanol–water partition coefficient (Wildman–Crippen LogP) is 3.36. The van der Waals surface area contributed by atoms with E-state index in [2.05, 4.69) is 20.7 Å². The third-order valence-corrected chi connectivity index (χ3v) is 5.43. The first-order valence-corrected chi connectivity index (χ1v) is 8.60. The fourth-order valence-corrected chi connectivity index (χ4v) is 4.00. The summed E-state index contributed by atoms with van der Waals surface area (Å²) in [4.78, 5) is 0.155. The first kappa shape index (κ1) is 16.0. The number of sulfonamides is 1. The van der Waals surface area contributed by atoms with Crippen molar-refractivity contribution in [3.05, 3.63) is 57.6 Å². The maximum Gasteiger partial charge on any atom is 0.262 e. The Morgan fingerprint density at radius 3 is 2.52 bits per heavy atom. The molecule has 112 valence electrons. The molecule has 0 bridgehead atoms. The molecule has 0 spiro atoms. The second kappa shape index (κ2) is 6.17. The molecule has 6 heteroatoms. The van der Waals surface area contributed by atoms with Crippen molar-refractivity contribution in [1.29, 1.82) is 0 Å². The molecule has 0 saturated heterocycles. The van der Waals surface area contributed by atoms with E-state index in [4.69, 9.17) is 0 Å². The number of anilines is 1. The Balaban J connectivity index is 2.47. The summed E-state index contributed by atoms with van der Waals surface area (Å²) in [6.45, 7) is 3.40.